The standard InChI is InChI=1S/C20H29N3O5S/c1-20(2,3)28-19(25)22-14-12-21(13-15-22)18(24)17-10-7-11-23(17)29(26,27)16-8-5-4-6-9-16/h4-6,8-9,17H,7,10-15H2,1-3H3. The first-order valence-corrected chi connectivity index (χ1v) is 11.4. The number of piperazine rings is 1. The topological polar surface area (TPSA) is 87.2 Å². The number of amides is 2. The van der Waals surface area contributed by atoms with E-state index in [0.29, 0.717) is 45.6 Å². The molecule has 2 aliphatic heterocycles. The number of sulfonamides is 1. The molecular formula is C20H29N3O5S. The summed E-state index contributed by atoms with van der Waals surface area (Å²) in [6.07, 6.45) is 0.774. The number of carbonyl (C=O) groups excluding carboxylic acids is 2. The first-order chi connectivity index (χ1) is 13.6. The lowest BCUT2D eigenvalue weighted by Gasteiger charge is -2.37. The van der Waals surface area contributed by atoms with Gasteiger partial charge < -0.3 is 14.5 Å². The molecule has 2 heterocycles. The van der Waals surface area contributed by atoms with Crippen molar-refractivity contribution in [2.24, 2.45) is 0 Å². The van der Waals surface area contributed by atoms with E-state index in [9.17, 15) is 18.0 Å². The van der Waals surface area contributed by atoms with Gasteiger partial charge in [0.15, 0.2) is 0 Å². The molecule has 2 saturated heterocycles. The van der Waals surface area contributed by atoms with Crippen LogP contribution in [0.15, 0.2) is 35.2 Å². The fourth-order valence-electron chi connectivity index (χ4n) is 3.65. The zero-order chi connectivity index (χ0) is 21.2. The fourth-order valence-corrected chi connectivity index (χ4v) is 5.32. The minimum absolute atomic E-state index is 0.189. The van der Waals surface area contributed by atoms with Crippen molar-refractivity contribution in [2.45, 2.75) is 50.2 Å². The third-order valence-corrected chi connectivity index (χ3v) is 7.00. The lowest BCUT2D eigenvalue weighted by atomic mass is 10.2. The Hall–Kier alpha value is -2.13. The molecule has 8 nitrogen and oxygen atoms in total. The SMILES string of the molecule is CC(C)(C)OC(=O)N1CCN(C(=O)C2CCCN2S(=O)(=O)c2ccccc2)CC1. The fraction of sp³-hybridized carbons (Fsp3) is 0.600. The van der Waals surface area contributed by atoms with Gasteiger partial charge in [0.2, 0.25) is 15.9 Å². The Morgan fingerprint density at radius 1 is 0.966 bits per heavy atom. The average molecular weight is 424 g/mol. The van der Waals surface area contributed by atoms with Gasteiger partial charge in [-0.1, -0.05) is 18.2 Å². The zero-order valence-electron chi connectivity index (χ0n) is 17.2. The summed E-state index contributed by atoms with van der Waals surface area (Å²) in [4.78, 5) is 28.7. The second-order valence-electron chi connectivity index (χ2n) is 8.38. The molecule has 0 saturated carbocycles. The van der Waals surface area contributed by atoms with Crippen molar-refractivity contribution in [3.63, 3.8) is 0 Å². The minimum atomic E-state index is -3.71. The van der Waals surface area contributed by atoms with Crippen LogP contribution in [-0.4, -0.2) is 78.9 Å². The molecule has 0 aromatic heterocycles. The minimum Gasteiger partial charge on any atom is -0.444 e. The summed E-state index contributed by atoms with van der Waals surface area (Å²) < 4.78 is 32.7. The first-order valence-electron chi connectivity index (χ1n) is 9.93. The smallest absolute Gasteiger partial charge is 0.410 e. The van der Waals surface area contributed by atoms with Crippen molar-refractivity contribution < 1.29 is 22.7 Å². The molecule has 2 amide bonds. The summed E-state index contributed by atoms with van der Waals surface area (Å²) in [6, 6.07) is 7.53. The molecule has 2 aliphatic rings. The first kappa shape index (κ1) is 21.6. The molecule has 9 heteroatoms. The average Bonchev–Trinajstić information content (AvgIpc) is 3.17. The number of ether oxygens (including phenoxy) is 1. The van der Waals surface area contributed by atoms with Gasteiger partial charge in [-0.2, -0.15) is 4.31 Å². The zero-order valence-corrected chi connectivity index (χ0v) is 18.0. The van der Waals surface area contributed by atoms with E-state index in [1.807, 2.05) is 20.8 Å². The highest BCUT2D eigenvalue weighted by atomic mass is 32.2. The monoisotopic (exact) mass is 423 g/mol. The van der Waals surface area contributed by atoms with Crippen LogP contribution in [0.2, 0.25) is 0 Å². The molecule has 0 aliphatic carbocycles. The maximum absolute atomic E-state index is 13.1. The van der Waals surface area contributed by atoms with Crippen molar-refractivity contribution in [3.05, 3.63) is 30.3 Å². The molecule has 160 valence electrons. The number of hydrogen-bond acceptors (Lipinski definition) is 5. The van der Waals surface area contributed by atoms with Gasteiger partial charge in [-0.15, -0.1) is 0 Å². The molecule has 1 unspecified atom stereocenters. The lowest BCUT2D eigenvalue weighted by molar-refractivity contribution is -0.136. The third-order valence-electron chi connectivity index (χ3n) is 5.08. The van der Waals surface area contributed by atoms with Crippen LogP contribution < -0.4 is 0 Å². The Morgan fingerprint density at radius 3 is 2.14 bits per heavy atom. The molecule has 1 aromatic carbocycles. The van der Waals surface area contributed by atoms with Crippen LogP contribution in [-0.2, 0) is 19.6 Å². The van der Waals surface area contributed by atoms with Crippen LogP contribution in [0, 0.1) is 0 Å². The Labute approximate surface area is 172 Å². The highest BCUT2D eigenvalue weighted by Gasteiger charge is 2.42. The number of carbonyl (C=O) groups is 2. The second kappa shape index (κ2) is 8.31. The molecule has 2 fully saturated rings. The van der Waals surface area contributed by atoms with E-state index in [4.69, 9.17) is 4.74 Å². The maximum atomic E-state index is 13.1. The summed E-state index contributed by atoms with van der Waals surface area (Å²) >= 11 is 0. The van der Waals surface area contributed by atoms with Crippen LogP contribution in [0.3, 0.4) is 0 Å². The molecule has 1 aromatic rings. The van der Waals surface area contributed by atoms with E-state index in [2.05, 4.69) is 0 Å². The Balaban J connectivity index is 1.64. The van der Waals surface area contributed by atoms with Crippen molar-refractivity contribution >= 4 is 22.0 Å². The largest absolute Gasteiger partial charge is 0.444 e. The molecule has 0 radical (unpaired) electrons. The van der Waals surface area contributed by atoms with Crippen LogP contribution in [0.4, 0.5) is 4.79 Å². The normalized spacial score (nSPS) is 21.3. The summed E-state index contributed by atoms with van der Waals surface area (Å²) in [5.41, 5.74) is -0.569. The van der Waals surface area contributed by atoms with E-state index in [1.165, 1.54) is 4.31 Å². The molecule has 0 bridgehead atoms. The Bertz CT molecular complexity index is 843. The van der Waals surface area contributed by atoms with Crippen molar-refractivity contribution in [1.29, 1.82) is 0 Å². The van der Waals surface area contributed by atoms with E-state index in [1.54, 1.807) is 40.1 Å². The number of benzene rings is 1. The summed E-state index contributed by atoms with van der Waals surface area (Å²) in [5.74, 6) is -0.189. The van der Waals surface area contributed by atoms with Crippen molar-refractivity contribution in [3.8, 4) is 0 Å². The predicted molar refractivity (Wildman–Crippen MR) is 108 cm³/mol. The highest BCUT2D eigenvalue weighted by Crippen LogP contribution is 2.27. The molecule has 0 spiro atoms. The summed E-state index contributed by atoms with van der Waals surface area (Å²) in [6.45, 7) is 7.26. The number of hydrogen-bond donors (Lipinski definition) is 0. The maximum Gasteiger partial charge on any atom is 0.410 e. The Morgan fingerprint density at radius 2 is 1.55 bits per heavy atom. The van der Waals surface area contributed by atoms with E-state index in [0.717, 1.165) is 0 Å². The van der Waals surface area contributed by atoms with Gasteiger partial charge >= 0.3 is 6.09 Å². The third kappa shape index (κ3) is 4.90. The van der Waals surface area contributed by atoms with Gasteiger partial charge in [0.05, 0.1) is 4.90 Å². The van der Waals surface area contributed by atoms with Crippen molar-refractivity contribution in [1.82, 2.24) is 14.1 Å². The van der Waals surface area contributed by atoms with Gasteiger partial charge in [0.25, 0.3) is 0 Å². The predicted octanol–water partition coefficient (Wildman–Crippen LogP) is 1.92. The molecule has 3 rings (SSSR count). The van der Waals surface area contributed by atoms with Gasteiger partial charge in [-0.3, -0.25) is 4.79 Å². The summed E-state index contributed by atoms with van der Waals surface area (Å²) in [5, 5.41) is 0. The number of rotatable bonds is 3. The summed E-state index contributed by atoms with van der Waals surface area (Å²) in [7, 11) is -3.71. The molecular weight excluding hydrogens is 394 g/mol. The van der Waals surface area contributed by atoms with Crippen LogP contribution in [0.5, 0.6) is 0 Å². The van der Waals surface area contributed by atoms with Gasteiger partial charge in [-0.05, 0) is 45.7 Å². The van der Waals surface area contributed by atoms with Gasteiger partial charge in [0, 0.05) is 32.7 Å². The molecule has 29 heavy (non-hydrogen) atoms. The van der Waals surface area contributed by atoms with E-state index >= 15 is 0 Å². The molecule has 0 N–H and O–H groups in total. The van der Waals surface area contributed by atoms with Crippen LogP contribution >= 0.6 is 0 Å². The van der Waals surface area contributed by atoms with Gasteiger partial charge in [0.1, 0.15) is 11.6 Å². The van der Waals surface area contributed by atoms with Crippen LogP contribution in [0.1, 0.15) is 33.6 Å². The quantitative estimate of drug-likeness (QED) is 0.741. The van der Waals surface area contributed by atoms with E-state index < -0.39 is 27.8 Å². The highest BCUT2D eigenvalue weighted by molar-refractivity contribution is 7.89. The number of nitrogens with zero attached hydrogens (tertiary/aromatic N) is 3. The lowest BCUT2D eigenvalue weighted by Crippen LogP contribution is -2.55. The Kier molecular flexibility index (Phi) is 6.19. The van der Waals surface area contributed by atoms with E-state index in [-0.39, 0.29) is 10.8 Å². The second-order valence-corrected chi connectivity index (χ2v) is 10.3. The van der Waals surface area contributed by atoms with Crippen LogP contribution in [0.25, 0.3) is 0 Å². The van der Waals surface area contributed by atoms with Crippen molar-refractivity contribution in [2.75, 3.05) is 32.7 Å². The molecule has 1 atom stereocenters. The van der Waals surface area contributed by atoms with Gasteiger partial charge in [-0.25, -0.2) is 13.2 Å².